The van der Waals surface area contributed by atoms with E-state index >= 15 is 0 Å². The van der Waals surface area contributed by atoms with Crippen LogP contribution in [0.3, 0.4) is 0 Å². The summed E-state index contributed by atoms with van der Waals surface area (Å²) >= 11 is 0. The van der Waals surface area contributed by atoms with Crippen LogP contribution in [0.2, 0.25) is 0 Å². The van der Waals surface area contributed by atoms with Crippen molar-refractivity contribution in [3.63, 3.8) is 0 Å². The van der Waals surface area contributed by atoms with Gasteiger partial charge in [-0.1, -0.05) is 13.8 Å². The zero-order chi connectivity index (χ0) is 15.0. The number of ether oxygens (including phenoxy) is 2. The van der Waals surface area contributed by atoms with E-state index in [2.05, 4.69) is 23.7 Å². The van der Waals surface area contributed by atoms with Crippen LogP contribution in [0.1, 0.15) is 33.6 Å². The third-order valence-corrected chi connectivity index (χ3v) is 3.37. The van der Waals surface area contributed by atoms with E-state index in [0.29, 0.717) is 30.8 Å². The Hall–Kier alpha value is -1.49. The molecule has 0 spiro atoms. The highest BCUT2D eigenvalue weighted by Gasteiger charge is 2.18. The fraction of sp³-hybridized carbons (Fsp3) is 0.667. The highest BCUT2D eigenvalue weighted by Crippen LogP contribution is 2.25. The van der Waals surface area contributed by atoms with Gasteiger partial charge < -0.3 is 20.1 Å². The zero-order valence-corrected chi connectivity index (χ0v) is 13.1. The molecule has 0 unspecified atom stereocenters. The molecule has 0 atom stereocenters. The van der Waals surface area contributed by atoms with Crippen LogP contribution in [0.15, 0.2) is 12.1 Å². The molecule has 5 nitrogen and oxygen atoms in total. The minimum atomic E-state index is 0.441. The van der Waals surface area contributed by atoms with Crippen LogP contribution < -0.4 is 15.4 Å². The lowest BCUT2D eigenvalue weighted by atomic mass is 10.1. The molecule has 0 aliphatic rings. The number of aromatic nitrogens is 1. The molecule has 1 heterocycles. The first kappa shape index (κ1) is 16.6. The van der Waals surface area contributed by atoms with Crippen LogP contribution in [0.4, 0.5) is 11.5 Å². The Morgan fingerprint density at radius 3 is 2.50 bits per heavy atom. The fourth-order valence-electron chi connectivity index (χ4n) is 2.26. The quantitative estimate of drug-likeness (QED) is 0.754. The third-order valence-electron chi connectivity index (χ3n) is 3.37. The van der Waals surface area contributed by atoms with Crippen molar-refractivity contribution in [2.24, 2.45) is 0 Å². The predicted octanol–water partition coefficient (Wildman–Crippen LogP) is 2.70. The molecule has 0 aliphatic carbocycles. The van der Waals surface area contributed by atoms with Crippen molar-refractivity contribution in [1.82, 2.24) is 4.98 Å². The van der Waals surface area contributed by atoms with Crippen molar-refractivity contribution < 1.29 is 9.47 Å². The Bertz CT molecular complexity index is 395. The van der Waals surface area contributed by atoms with E-state index < -0.39 is 0 Å². The minimum Gasteiger partial charge on any atom is -0.476 e. The van der Waals surface area contributed by atoms with Crippen LogP contribution in [-0.2, 0) is 4.74 Å². The number of nitrogens with zero attached hydrogens (tertiary/aromatic N) is 2. The molecule has 114 valence electrons. The molecule has 0 aromatic carbocycles. The van der Waals surface area contributed by atoms with Crippen LogP contribution in [0, 0.1) is 0 Å². The van der Waals surface area contributed by atoms with E-state index in [1.54, 1.807) is 7.11 Å². The van der Waals surface area contributed by atoms with Crippen LogP contribution >= 0.6 is 0 Å². The van der Waals surface area contributed by atoms with E-state index in [9.17, 15) is 0 Å². The number of hydrogen-bond donors (Lipinski definition) is 1. The second-order valence-corrected chi connectivity index (χ2v) is 4.65. The molecule has 1 aromatic rings. The topological polar surface area (TPSA) is 60.6 Å². The summed E-state index contributed by atoms with van der Waals surface area (Å²) < 4.78 is 10.7. The lowest BCUT2D eigenvalue weighted by molar-refractivity contribution is 0.202. The molecule has 5 heteroatoms. The Labute approximate surface area is 122 Å². The Balaban J connectivity index is 3.02. The molecular formula is C15H27N3O2. The van der Waals surface area contributed by atoms with E-state index in [4.69, 9.17) is 15.2 Å². The predicted molar refractivity (Wildman–Crippen MR) is 83.4 cm³/mol. The van der Waals surface area contributed by atoms with E-state index in [-0.39, 0.29) is 0 Å². The first-order valence-corrected chi connectivity index (χ1v) is 7.32. The number of rotatable bonds is 9. The summed E-state index contributed by atoms with van der Waals surface area (Å²) in [5, 5.41) is 0. The molecule has 2 N–H and O–H groups in total. The molecule has 1 aromatic heterocycles. The lowest BCUT2D eigenvalue weighted by Crippen LogP contribution is -2.37. The van der Waals surface area contributed by atoms with Gasteiger partial charge in [0, 0.05) is 19.7 Å². The monoisotopic (exact) mass is 281 g/mol. The molecular weight excluding hydrogens is 254 g/mol. The highest BCUT2D eigenvalue weighted by atomic mass is 16.5. The van der Waals surface area contributed by atoms with Gasteiger partial charge in [0.2, 0.25) is 5.88 Å². The summed E-state index contributed by atoms with van der Waals surface area (Å²) in [6, 6.07) is 4.25. The smallest absolute Gasteiger partial charge is 0.239 e. The van der Waals surface area contributed by atoms with Crippen LogP contribution in [0.25, 0.3) is 0 Å². The summed E-state index contributed by atoms with van der Waals surface area (Å²) in [4.78, 5) is 6.82. The maximum atomic E-state index is 5.89. The number of hydrogen-bond acceptors (Lipinski definition) is 5. The summed E-state index contributed by atoms with van der Waals surface area (Å²) in [5.74, 6) is 1.41. The van der Waals surface area contributed by atoms with Gasteiger partial charge in [0.05, 0.1) is 18.9 Å². The molecule has 0 bridgehead atoms. The largest absolute Gasteiger partial charge is 0.476 e. The molecule has 20 heavy (non-hydrogen) atoms. The van der Waals surface area contributed by atoms with Crippen LogP contribution in [-0.4, -0.2) is 37.9 Å². The molecule has 0 aliphatic heterocycles. The van der Waals surface area contributed by atoms with E-state index in [0.717, 1.165) is 25.2 Å². The van der Waals surface area contributed by atoms with Gasteiger partial charge >= 0.3 is 0 Å². The molecule has 0 amide bonds. The number of nitrogens with two attached hydrogens (primary N) is 1. The summed E-state index contributed by atoms with van der Waals surface area (Å²) in [6.45, 7) is 8.35. The van der Waals surface area contributed by atoms with Crippen molar-refractivity contribution in [2.75, 3.05) is 37.5 Å². The lowest BCUT2D eigenvalue weighted by Gasteiger charge is -2.31. The normalized spacial score (nSPS) is 10.8. The average molecular weight is 281 g/mol. The molecule has 1 rings (SSSR count). The number of nitrogen functional groups attached to an aromatic ring is 1. The number of methoxy groups -OCH3 is 1. The molecule has 0 saturated carbocycles. The number of anilines is 2. The van der Waals surface area contributed by atoms with Gasteiger partial charge in [0.15, 0.2) is 0 Å². The maximum Gasteiger partial charge on any atom is 0.239 e. The molecule has 0 fully saturated rings. The van der Waals surface area contributed by atoms with Gasteiger partial charge in [-0.15, -0.1) is 0 Å². The fourth-order valence-corrected chi connectivity index (χ4v) is 2.26. The third kappa shape index (κ3) is 4.27. The SMILES string of the molecule is CCOc1nc(N(CCOC)C(CC)CC)ccc1N. The Morgan fingerprint density at radius 1 is 1.25 bits per heavy atom. The first-order valence-electron chi connectivity index (χ1n) is 7.32. The average Bonchev–Trinajstić information content (AvgIpc) is 2.46. The highest BCUT2D eigenvalue weighted by molar-refractivity contribution is 5.55. The Kier molecular flexibility index (Phi) is 7.15. The van der Waals surface area contributed by atoms with Gasteiger partial charge in [0.1, 0.15) is 5.82 Å². The summed E-state index contributed by atoms with van der Waals surface area (Å²) in [7, 11) is 1.72. The second-order valence-electron chi connectivity index (χ2n) is 4.65. The summed E-state index contributed by atoms with van der Waals surface area (Å²) in [5.41, 5.74) is 6.46. The van der Waals surface area contributed by atoms with Gasteiger partial charge in [-0.05, 0) is 31.9 Å². The van der Waals surface area contributed by atoms with E-state index in [1.165, 1.54) is 0 Å². The molecule has 0 radical (unpaired) electrons. The maximum absolute atomic E-state index is 5.89. The van der Waals surface area contributed by atoms with Crippen molar-refractivity contribution in [2.45, 2.75) is 39.7 Å². The minimum absolute atomic E-state index is 0.441. The van der Waals surface area contributed by atoms with Crippen molar-refractivity contribution in [1.29, 1.82) is 0 Å². The van der Waals surface area contributed by atoms with Crippen LogP contribution in [0.5, 0.6) is 5.88 Å². The van der Waals surface area contributed by atoms with Gasteiger partial charge in [0.25, 0.3) is 0 Å². The zero-order valence-electron chi connectivity index (χ0n) is 13.1. The van der Waals surface area contributed by atoms with Gasteiger partial charge in [-0.2, -0.15) is 4.98 Å². The second kappa shape index (κ2) is 8.64. The first-order chi connectivity index (χ1) is 9.67. The Morgan fingerprint density at radius 2 is 1.95 bits per heavy atom. The van der Waals surface area contributed by atoms with Gasteiger partial charge in [-0.25, -0.2) is 0 Å². The van der Waals surface area contributed by atoms with Crippen molar-refractivity contribution in [3.05, 3.63) is 12.1 Å². The van der Waals surface area contributed by atoms with Crippen molar-refractivity contribution >= 4 is 11.5 Å². The van der Waals surface area contributed by atoms with Gasteiger partial charge in [-0.3, -0.25) is 0 Å². The standard InChI is InChI=1S/C15H27N3O2/c1-5-12(6-2)18(10-11-19-4)14-9-8-13(16)15(17-14)20-7-3/h8-9,12H,5-7,10-11,16H2,1-4H3. The summed E-state index contributed by atoms with van der Waals surface area (Å²) in [6.07, 6.45) is 2.13. The molecule has 0 saturated heterocycles. The van der Waals surface area contributed by atoms with Crippen molar-refractivity contribution in [3.8, 4) is 5.88 Å². The van der Waals surface area contributed by atoms with E-state index in [1.807, 2.05) is 19.1 Å². The number of pyridine rings is 1.